The topological polar surface area (TPSA) is 0 Å². The summed E-state index contributed by atoms with van der Waals surface area (Å²) in [6.45, 7) is 10.7. The van der Waals surface area contributed by atoms with E-state index in [0.29, 0.717) is 5.92 Å². The third-order valence-corrected chi connectivity index (χ3v) is 2.72. The monoisotopic (exact) mass is 188 g/mol. The maximum atomic E-state index is 3.96. The zero-order valence-corrected chi connectivity index (χ0v) is 9.46. The highest BCUT2D eigenvalue weighted by Gasteiger charge is 2.23. The Morgan fingerprint density at radius 1 is 1.29 bits per heavy atom. The number of hydrogen-bond acceptors (Lipinski definition) is 0. The molecule has 1 aromatic carbocycles. The molecule has 1 rings (SSSR count). The molecule has 0 fully saturated rings. The lowest BCUT2D eigenvalue weighted by Crippen LogP contribution is -2.20. The van der Waals surface area contributed by atoms with Crippen LogP contribution in [0.1, 0.15) is 32.8 Å². The molecule has 0 aliphatic carbocycles. The van der Waals surface area contributed by atoms with Crippen LogP contribution in [0.2, 0.25) is 0 Å². The minimum Gasteiger partial charge on any atom is -0.102 e. The third-order valence-electron chi connectivity index (χ3n) is 2.72. The average Bonchev–Trinajstić information content (AvgIpc) is 2.18. The van der Waals surface area contributed by atoms with E-state index in [1.165, 1.54) is 5.56 Å². The second kappa shape index (κ2) is 4.45. The van der Waals surface area contributed by atoms with Crippen molar-refractivity contribution in [3.63, 3.8) is 0 Å². The Morgan fingerprint density at radius 3 is 2.29 bits per heavy atom. The highest BCUT2D eigenvalue weighted by molar-refractivity contribution is 5.29. The fraction of sp³-hybridized carbons (Fsp3) is 0.429. The van der Waals surface area contributed by atoms with Gasteiger partial charge in [0.1, 0.15) is 0 Å². The van der Waals surface area contributed by atoms with Crippen molar-refractivity contribution in [3.8, 4) is 0 Å². The van der Waals surface area contributed by atoms with Crippen LogP contribution in [0.4, 0.5) is 0 Å². The van der Waals surface area contributed by atoms with Gasteiger partial charge in [-0.2, -0.15) is 0 Å². The summed E-state index contributed by atoms with van der Waals surface area (Å²) in [5.74, 6) is 0.693. The lowest BCUT2D eigenvalue weighted by Gasteiger charge is -2.28. The van der Waals surface area contributed by atoms with E-state index < -0.39 is 0 Å². The molecule has 76 valence electrons. The molecule has 0 unspecified atom stereocenters. The summed E-state index contributed by atoms with van der Waals surface area (Å²) in [4.78, 5) is 0. The molecule has 0 heterocycles. The van der Waals surface area contributed by atoms with Crippen LogP contribution in [0.25, 0.3) is 0 Å². The predicted octanol–water partition coefficient (Wildman–Crippen LogP) is 4.18. The van der Waals surface area contributed by atoms with Gasteiger partial charge >= 0.3 is 0 Å². The van der Waals surface area contributed by atoms with Crippen LogP contribution in [0, 0.1) is 5.92 Å². The van der Waals surface area contributed by atoms with Crippen molar-refractivity contribution in [1.29, 1.82) is 0 Å². The molecule has 1 aromatic rings. The van der Waals surface area contributed by atoms with Crippen molar-refractivity contribution in [2.45, 2.75) is 32.6 Å². The number of allylic oxidation sites excluding steroid dienone is 1. The van der Waals surface area contributed by atoms with Crippen LogP contribution in [0.3, 0.4) is 0 Å². The van der Waals surface area contributed by atoms with Gasteiger partial charge in [-0.1, -0.05) is 57.2 Å². The first-order valence-corrected chi connectivity index (χ1v) is 5.27. The summed E-state index contributed by atoms with van der Waals surface area (Å²) in [5, 5.41) is 0. The zero-order chi connectivity index (χ0) is 10.6. The van der Waals surface area contributed by atoms with Gasteiger partial charge in [-0.3, -0.25) is 0 Å². The van der Waals surface area contributed by atoms with E-state index in [1.807, 2.05) is 0 Å². The van der Waals surface area contributed by atoms with Crippen LogP contribution < -0.4 is 0 Å². The minimum atomic E-state index is 0.120. The smallest absolute Gasteiger partial charge is 0.0103 e. The van der Waals surface area contributed by atoms with Crippen molar-refractivity contribution in [3.05, 3.63) is 48.6 Å². The largest absolute Gasteiger partial charge is 0.102 e. The lowest BCUT2D eigenvalue weighted by molar-refractivity contribution is 0.440. The molecule has 0 aromatic heterocycles. The van der Waals surface area contributed by atoms with E-state index in [0.717, 1.165) is 6.42 Å². The Bertz CT molecular complexity index is 284. The van der Waals surface area contributed by atoms with Crippen LogP contribution in [0.15, 0.2) is 43.0 Å². The van der Waals surface area contributed by atoms with Crippen LogP contribution in [-0.2, 0) is 5.41 Å². The number of hydrogen-bond donors (Lipinski definition) is 0. The third kappa shape index (κ3) is 2.47. The summed E-state index contributed by atoms with van der Waals surface area (Å²) in [7, 11) is 0. The van der Waals surface area contributed by atoms with Crippen molar-refractivity contribution in [1.82, 2.24) is 0 Å². The van der Waals surface area contributed by atoms with Crippen LogP contribution in [0.5, 0.6) is 0 Å². The summed E-state index contributed by atoms with van der Waals surface area (Å²) < 4.78 is 0. The molecule has 0 aliphatic heterocycles. The number of rotatable bonds is 4. The van der Waals surface area contributed by atoms with Gasteiger partial charge in [0, 0.05) is 5.41 Å². The van der Waals surface area contributed by atoms with E-state index >= 15 is 0 Å². The molecule has 0 heteroatoms. The Balaban J connectivity index is 2.96. The number of benzene rings is 1. The lowest BCUT2D eigenvalue weighted by atomic mass is 9.76. The van der Waals surface area contributed by atoms with Crippen molar-refractivity contribution in [2.24, 2.45) is 5.92 Å². The van der Waals surface area contributed by atoms with E-state index in [-0.39, 0.29) is 5.41 Å². The fourth-order valence-corrected chi connectivity index (χ4v) is 1.99. The SMILES string of the molecule is C=C[C@@](C)(CC(C)C)c1ccccc1. The summed E-state index contributed by atoms with van der Waals surface area (Å²) in [6, 6.07) is 10.6. The normalized spacial score (nSPS) is 15.1. The maximum Gasteiger partial charge on any atom is 0.0103 e. The summed E-state index contributed by atoms with van der Waals surface area (Å²) in [5.41, 5.74) is 1.48. The molecule has 0 aliphatic rings. The average molecular weight is 188 g/mol. The minimum absolute atomic E-state index is 0.120. The van der Waals surface area contributed by atoms with Gasteiger partial charge in [0.15, 0.2) is 0 Å². The fourth-order valence-electron chi connectivity index (χ4n) is 1.99. The Labute approximate surface area is 87.7 Å². The van der Waals surface area contributed by atoms with E-state index in [2.05, 4.69) is 63.8 Å². The first-order valence-electron chi connectivity index (χ1n) is 5.27. The van der Waals surface area contributed by atoms with E-state index in [1.54, 1.807) is 0 Å². The van der Waals surface area contributed by atoms with Crippen molar-refractivity contribution < 1.29 is 0 Å². The first-order chi connectivity index (χ1) is 6.58. The van der Waals surface area contributed by atoms with E-state index in [9.17, 15) is 0 Å². The molecule has 0 N–H and O–H groups in total. The molecular weight excluding hydrogens is 168 g/mol. The molecule has 0 bridgehead atoms. The highest BCUT2D eigenvalue weighted by Crippen LogP contribution is 2.31. The Kier molecular flexibility index (Phi) is 3.51. The molecule has 0 saturated heterocycles. The van der Waals surface area contributed by atoms with Crippen LogP contribution in [-0.4, -0.2) is 0 Å². The molecule has 1 atom stereocenters. The molecule has 0 amide bonds. The van der Waals surface area contributed by atoms with Gasteiger partial charge < -0.3 is 0 Å². The summed E-state index contributed by atoms with van der Waals surface area (Å²) >= 11 is 0. The summed E-state index contributed by atoms with van der Waals surface area (Å²) in [6.07, 6.45) is 3.23. The van der Waals surface area contributed by atoms with Crippen LogP contribution >= 0.6 is 0 Å². The molecule has 0 saturated carbocycles. The van der Waals surface area contributed by atoms with Gasteiger partial charge in [-0.05, 0) is 17.9 Å². The molecule has 0 radical (unpaired) electrons. The van der Waals surface area contributed by atoms with Gasteiger partial charge in [-0.25, -0.2) is 0 Å². The second-order valence-corrected chi connectivity index (χ2v) is 4.59. The maximum absolute atomic E-state index is 3.96. The quantitative estimate of drug-likeness (QED) is 0.622. The Hall–Kier alpha value is -1.04. The van der Waals surface area contributed by atoms with Crippen molar-refractivity contribution in [2.75, 3.05) is 0 Å². The van der Waals surface area contributed by atoms with Crippen molar-refractivity contribution >= 4 is 0 Å². The van der Waals surface area contributed by atoms with Gasteiger partial charge in [0.05, 0.1) is 0 Å². The molecule has 0 nitrogen and oxygen atoms in total. The Morgan fingerprint density at radius 2 is 1.86 bits per heavy atom. The van der Waals surface area contributed by atoms with Gasteiger partial charge in [0.25, 0.3) is 0 Å². The standard InChI is InChI=1S/C14H20/c1-5-14(4,11-12(2)3)13-9-7-6-8-10-13/h5-10,12H,1,11H2,2-4H3/t14-/m0/s1. The van der Waals surface area contributed by atoms with Gasteiger partial charge in [0.2, 0.25) is 0 Å². The van der Waals surface area contributed by atoms with E-state index in [4.69, 9.17) is 0 Å². The second-order valence-electron chi connectivity index (χ2n) is 4.59. The highest BCUT2D eigenvalue weighted by atomic mass is 14.3. The molecule has 14 heavy (non-hydrogen) atoms. The predicted molar refractivity (Wildman–Crippen MR) is 63.4 cm³/mol. The molecule has 0 spiro atoms. The first kappa shape index (κ1) is 11.0. The molecular formula is C14H20. The zero-order valence-electron chi connectivity index (χ0n) is 9.46. The van der Waals surface area contributed by atoms with Gasteiger partial charge in [-0.15, -0.1) is 6.58 Å².